The molecule has 0 aliphatic heterocycles. The Morgan fingerprint density at radius 3 is 2.27 bits per heavy atom. The topological polar surface area (TPSA) is 79.9 Å². The Kier molecular flexibility index (Phi) is 10.9. The third-order valence-corrected chi connectivity index (χ3v) is 6.78. The Bertz CT molecular complexity index is 1280. The van der Waals surface area contributed by atoms with Gasteiger partial charge in [-0.05, 0) is 60.0 Å². The molecule has 1 unspecified atom stereocenters. The second kappa shape index (κ2) is 14.1. The van der Waals surface area contributed by atoms with E-state index in [1.807, 2.05) is 31.1 Å². The van der Waals surface area contributed by atoms with Crippen LogP contribution < -0.4 is 15.4 Å². The van der Waals surface area contributed by atoms with Gasteiger partial charge in [0.15, 0.2) is 0 Å². The van der Waals surface area contributed by atoms with Crippen LogP contribution in [0, 0.1) is 0 Å². The highest BCUT2D eigenvalue weighted by molar-refractivity contribution is 5.98. The molecule has 0 aliphatic carbocycles. The second-order valence-electron chi connectivity index (χ2n) is 11.3. The molecule has 0 aliphatic rings. The molecule has 1 atom stereocenters. The van der Waals surface area contributed by atoms with Gasteiger partial charge in [-0.1, -0.05) is 69.3 Å². The minimum Gasteiger partial charge on any atom is -0.496 e. The van der Waals surface area contributed by atoms with Crippen molar-refractivity contribution in [2.75, 3.05) is 41.4 Å². The molecule has 0 fully saturated rings. The Morgan fingerprint density at radius 1 is 0.925 bits per heavy atom. The van der Waals surface area contributed by atoms with Crippen LogP contribution in [0.2, 0.25) is 0 Å². The summed E-state index contributed by atoms with van der Waals surface area (Å²) in [6, 6.07) is 21.2. The summed E-state index contributed by atoms with van der Waals surface area (Å²) in [6.07, 6.45) is 0.364. The van der Waals surface area contributed by atoms with Gasteiger partial charge < -0.3 is 25.0 Å². The number of nitrogens with zero attached hydrogens (tertiary/aromatic N) is 1. The van der Waals surface area contributed by atoms with Crippen LogP contribution in [0.5, 0.6) is 5.75 Å². The third kappa shape index (κ3) is 8.66. The molecule has 214 valence electrons. The normalized spacial score (nSPS) is 12.2. The first-order valence-electron chi connectivity index (χ1n) is 13.6. The number of rotatable bonds is 12. The number of nitrogens with one attached hydrogen (secondary N) is 2. The van der Waals surface area contributed by atoms with Gasteiger partial charge in [0.25, 0.3) is 5.91 Å². The lowest BCUT2D eigenvalue weighted by Crippen LogP contribution is -2.49. The number of carbonyl (C=O) groups is 2. The maximum absolute atomic E-state index is 13.3. The second-order valence-corrected chi connectivity index (χ2v) is 11.3. The van der Waals surface area contributed by atoms with Crippen molar-refractivity contribution in [3.05, 3.63) is 89.0 Å². The van der Waals surface area contributed by atoms with E-state index in [0.29, 0.717) is 37.4 Å². The zero-order chi connectivity index (χ0) is 29.3. The number of methoxy groups -OCH3 is 2. The van der Waals surface area contributed by atoms with E-state index in [9.17, 15) is 9.59 Å². The molecule has 0 aromatic heterocycles. The van der Waals surface area contributed by atoms with Gasteiger partial charge in [-0.3, -0.25) is 9.59 Å². The third-order valence-electron chi connectivity index (χ3n) is 6.78. The van der Waals surface area contributed by atoms with E-state index in [0.717, 1.165) is 22.3 Å². The van der Waals surface area contributed by atoms with Crippen molar-refractivity contribution in [1.29, 1.82) is 0 Å². The first kappa shape index (κ1) is 30.9. The average molecular weight is 546 g/mol. The molecule has 40 heavy (non-hydrogen) atoms. The highest BCUT2D eigenvalue weighted by Gasteiger charge is 2.23. The van der Waals surface area contributed by atoms with Crippen molar-refractivity contribution in [3.8, 4) is 16.9 Å². The SMILES string of the molecule is COCc1cc(C(=O)NC(Cc2ccc(-c3cccc(C(C)(C)C)c3)cc2)C(=O)NCCN(C)C)ccc1OC. The number of carbonyl (C=O) groups excluding carboxylic acids is 2. The fourth-order valence-electron chi connectivity index (χ4n) is 4.40. The molecule has 0 saturated heterocycles. The van der Waals surface area contributed by atoms with Gasteiger partial charge in [0.2, 0.25) is 5.91 Å². The number of benzene rings is 3. The Morgan fingerprint density at radius 2 is 1.65 bits per heavy atom. The summed E-state index contributed by atoms with van der Waals surface area (Å²) < 4.78 is 10.6. The lowest BCUT2D eigenvalue weighted by Gasteiger charge is -2.21. The summed E-state index contributed by atoms with van der Waals surface area (Å²) in [7, 11) is 7.07. The minimum absolute atomic E-state index is 0.0650. The van der Waals surface area contributed by atoms with Gasteiger partial charge >= 0.3 is 0 Å². The highest BCUT2D eigenvalue weighted by atomic mass is 16.5. The van der Waals surface area contributed by atoms with Crippen LogP contribution in [0.3, 0.4) is 0 Å². The average Bonchev–Trinajstić information content (AvgIpc) is 2.92. The maximum atomic E-state index is 13.3. The smallest absolute Gasteiger partial charge is 0.251 e. The van der Waals surface area contributed by atoms with Crippen molar-refractivity contribution in [2.24, 2.45) is 0 Å². The minimum atomic E-state index is -0.738. The molecule has 3 aromatic rings. The molecule has 0 saturated carbocycles. The molecule has 0 bridgehead atoms. The first-order chi connectivity index (χ1) is 19.0. The monoisotopic (exact) mass is 545 g/mol. The van der Waals surface area contributed by atoms with E-state index in [4.69, 9.17) is 9.47 Å². The largest absolute Gasteiger partial charge is 0.496 e. The number of hydrogen-bond acceptors (Lipinski definition) is 5. The fourth-order valence-corrected chi connectivity index (χ4v) is 4.40. The Balaban J connectivity index is 1.81. The predicted octanol–water partition coefficient (Wildman–Crippen LogP) is 4.83. The van der Waals surface area contributed by atoms with Crippen molar-refractivity contribution in [3.63, 3.8) is 0 Å². The number of hydrogen-bond donors (Lipinski definition) is 2. The number of likely N-dealkylation sites (N-methyl/N-ethyl adjacent to an activating group) is 1. The van der Waals surface area contributed by atoms with Crippen molar-refractivity contribution < 1.29 is 19.1 Å². The van der Waals surface area contributed by atoms with Crippen molar-refractivity contribution in [1.82, 2.24) is 15.5 Å². The molecule has 0 spiro atoms. The predicted molar refractivity (Wildman–Crippen MR) is 161 cm³/mol. The van der Waals surface area contributed by atoms with Crippen molar-refractivity contribution in [2.45, 2.75) is 45.3 Å². The molecule has 3 rings (SSSR count). The van der Waals surface area contributed by atoms with Crippen LogP contribution in [0.4, 0.5) is 0 Å². The van der Waals surface area contributed by atoms with Gasteiger partial charge in [0, 0.05) is 37.7 Å². The number of ether oxygens (including phenoxy) is 2. The lowest BCUT2D eigenvalue weighted by atomic mass is 9.85. The van der Waals surface area contributed by atoms with E-state index < -0.39 is 6.04 Å². The Labute approximate surface area is 238 Å². The van der Waals surface area contributed by atoms with Gasteiger partial charge in [0.1, 0.15) is 11.8 Å². The molecule has 7 heteroatoms. The maximum Gasteiger partial charge on any atom is 0.251 e. The lowest BCUT2D eigenvalue weighted by molar-refractivity contribution is -0.123. The molecule has 0 heterocycles. The van der Waals surface area contributed by atoms with E-state index in [2.05, 4.69) is 67.8 Å². The molecular weight excluding hydrogens is 502 g/mol. The van der Waals surface area contributed by atoms with Crippen molar-refractivity contribution >= 4 is 11.8 Å². The zero-order valence-electron chi connectivity index (χ0n) is 24.8. The summed E-state index contributed by atoms with van der Waals surface area (Å²) in [5, 5.41) is 5.91. The van der Waals surface area contributed by atoms with Gasteiger partial charge in [-0.2, -0.15) is 0 Å². The first-order valence-corrected chi connectivity index (χ1v) is 13.6. The van der Waals surface area contributed by atoms with Crippen LogP contribution in [-0.4, -0.2) is 64.2 Å². The van der Waals surface area contributed by atoms with Crippen LogP contribution in [0.15, 0.2) is 66.7 Å². The van der Waals surface area contributed by atoms with Gasteiger partial charge in [0.05, 0.1) is 13.7 Å². The highest BCUT2D eigenvalue weighted by Crippen LogP contribution is 2.28. The molecule has 0 radical (unpaired) electrons. The van der Waals surface area contributed by atoms with Gasteiger partial charge in [-0.25, -0.2) is 0 Å². The van der Waals surface area contributed by atoms with Crippen LogP contribution in [0.25, 0.3) is 11.1 Å². The summed E-state index contributed by atoms with van der Waals surface area (Å²) in [5.74, 6) is 0.0932. The summed E-state index contributed by atoms with van der Waals surface area (Å²) in [6.45, 7) is 8.12. The molecule has 2 N–H and O–H groups in total. The van der Waals surface area contributed by atoms with Crippen LogP contribution >= 0.6 is 0 Å². The van der Waals surface area contributed by atoms with E-state index in [1.54, 1.807) is 32.4 Å². The van der Waals surface area contributed by atoms with E-state index >= 15 is 0 Å². The zero-order valence-corrected chi connectivity index (χ0v) is 24.8. The summed E-state index contributed by atoms with van der Waals surface area (Å²) in [5.41, 5.74) is 5.75. The standard InChI is InChI=1S/C33H43N3O4/c1-33(2,3)28-10-8-9-25(21-28)24-13-11-23(12-14-24)19-29(32(38)34-17-18-36(4)5)35-31(37)26-15-16-30(40-7)27(20-26)22-39-6/h8-16,20-21,29H,17-19,22H2,1-7H3,(H,34,38)(H,35,37). The summed E-state index contributed by atoms with van der Waals surface area (Å²) >= 11 is 0. The van der Waals surface area contributed by atoms with Crippen LogP contribution in [-0.2, 0) is 28.0 Å². The fraction of sp³-hybridized carbons (Fsp3) is 0.394. The molecule has 7 nitrogen and oxygen atoms in total. The van der Waals surface area contributed by atoms with Crippen LogP contribution in [0.1, 0.15) is 47.8 Å². The number of amides is 2. The molecule has 3 aromatic carbocycles. The molecular formula is C33H43N3O4. The van der Waals surface area contributed by atoms with E-state index in [-0.39, 0.29) is 17.2 Å². The quantitative estimate of drug-likeness (QED) is 0.341. The Hall–Kier alpha value is -3.68. The van der Waals surface area contributed by atoms with Gasteiger partial charge in [-0.15, -0.1) is 0 Å². The molecule has 2 amide bonds. The van der Waals surface area contributed by atoms with E-state index in [1.165, 1.54) is 5.56 Å². The summed E-state index contributed by atoms with van der Waals surface area (Å²) in [4.78, 5) is 28.5.